The number of anilines is 3. The van der Waals surface area contributed by atoms with E-state index in [9.17, 15) is 9.59 Å². The van der Waals surface area contributed by atoms with Gasteiger partial charge in [0.1, 0.15) is 5.41 Å². The van der Waals surface area contributed by atoms with Crippen molar-refractivity contribution in [2.45, 2.75) is 27.7 Å². The topological polar surface area (TPSA) is 70.7 Å². The highest BCUT2D eigenvalue weighted by Crippen LogP contribution is 2.29. The first-order valence-electron chi connectivity index (χ1n) is 9.91. The van der Waals surface area contributed by atoms with Gasteiger partial charge in [0.2, 0.25) is 11.8 Å². The Morgan fingerprint density at radius 2 is 1.48 bits per heavy atom. The van der Waals surface area contributed by atoms with Gasteiger partial charge in [0.05, 0.1) is 24.6 Å². The van der Waals surface area contributed by atoms with Crippen LogP contribution in [0.5, 0.6) is 0 Å². The van der Waals surface area contributed by atoms with Crippen molar-refractivity contribution in [3.63, 3.8) is 0 Å². The molecular weight excluding hydrogens is 366 g/mol. The smallest absolute Gasteiger partial charge is 0.239 e. The van der Waals surface area contributed by atoms with Crippen molar-refractivity contribution in [2.24, 2.45) is 5.41 Å². The largest absolute Gasteiger partial charge is 0.378 e. The molecule has 6 heteroatoms. The average Bonchev–Trinajstić information content (AvgIpc) is 2.72. The molecule has 0 atom stereocenters. The molecule has 0 saturated carbocycles. The second-order valence-corrected chi connectivity index (χ2v) is 7.90. The van der Waals surface area contributed by atoms with Crippen LogP contribution in [0.4, 0.5) is 17.1 Å². The van der Waals surface area contributed by atoms with E-state index in [0.717, 1.165) is 35.6 Å². The fraction of sp³-hybridized carbons (Fsp3) is 0.391. The van der Waals surface area contributed by atoms with Gasteiger partial charge in [-0.25, -0.2) is 0 Å². The molecule has 0 unspecified atom stereocenters. The minimum atomic E-state index is -1.24. The lowest BCUT2D eigenvalue weighted by atomic mass is 9.90. The van der Waals surface area contributed by atoms with Crippen molar-refractivity contribution in [1.29, 1.82) is 0 Å². The number of para-hydroxylation sites is 2. The van der Waals surface area contributed by atoms with Crippen LogP contribution in [0, 0.1) is 19.3 Å². The molecule has 2 N–H and O–H groups in total. The molecule has 29 heavy (non-hydrogen) atoms. The van der Waals surface area contributed by atoms with E-state index >= 15 is 0 Å². The maximum atomic E-state index is 13.0. The van der Waals surface area contributed by atoms with Gasteiger partial charge < -0.3 is 20.3 Å². The molecule has 2 aromatic rings. The van der Waals surface area contributed by atoms with E-state index < -0.39 is 5.41 Å². The summed E-state index contributed by atoms with van der Waals surface area (Å²) in [5.41, 5.74) is 3.21. The van der Waals surface area contributed by atoms with Gasteiger partial charge in [-0.1, -0.05) is 24.3 Å². The molecule has 3 rings (SSSR count). The van der Waals surface area contributed by atoms with Gasteiger partial charge in [0.15, 0.2) is 0 Å². The number of benzene rings is 2. The van der Waals surface area contributed by atoms with Gasteiger partial charge in [-0.3, -0.25) is 9.59 Å². The summed E-state index contributed by atoms with van der Waals surface area (Å²) < 4.78 is 5.42. The molecule has 0 bridgehead atoms. The van der Waals surface area contributed by atoms with E-state index in [-0.39, 0.29) is 11.8 Å². The van der Waals surface area contributed by atoms with E-state index in [1.807, 2.05) is 56.3 Å². The number of aryl methyl sites for hydroxylation is 1. The van der Waals surface area contributed by atoms with Crippen LogP contribution in [0.25, 0.3) is 0 Å². The first-order chi connectivity index (χ1) is 13.8. The highest BCUT2D eigenvalue weighted by atomic mass is 16.5. The molecule has 1 fully saturated rings. The van der Waals surface area contributed by atoms with Crippen LogP contribution in [0.3, 0.4) is 0 Å². The Labute approximate surface area is 172 Å². The number of ether oxygens (including phenoxy) is 1. The minimum absolute atomic E-state index is 0.340. The van der Waals surface area contributed by atoms with E-state index in [0.29, 0.717) is 18.9 Å². The predicted octanol–water partition coefficient (Wildman–Crippen LogP) is 3.74. The highest BCUT2D eigenvalue weighted by Gasteiger charge is 2.37. The summed E-state index contributed by atoms with van der Waals surface area (Å²) in [6.07, 6.45) is 0. The number of carbonyl (C=O) groups is 2. The summed E-state index contributed by atoms with van der Waals surface area (Å²) >= 11 is 0. The van der Waals surface area contributed by atoms with Gasteiger partial charge in [-0.05, 0) is 57.0 Å². The Kier molecular flexibility index (Phi) is 6.23. The van der Waals surface area contributed by atoms with Gasteiger partial charge >= 0.3 is 0 Å². The molecular formula is C23H29N3O3. The maximum absolute atomic E-state index is 13.0. The second-order valence-electron chi connectivity index (χ2n) is 7.90. The third-order valence-electron chi connectivity index (χ3n) is 5.49. The molecule has 1 saturated heterocycles. The van der Waals surface area contributed by atoms with Crippen molar-refractivity contribution in [1.82, 2.24) is 0 Å². The van der Waals surface area contributed by atoms with Crippen molar-refractivity contribution in [2.75, 3.05) is 41.8 Å². The Morgan fingerprint density at radius 3 is 2.17 bits per heavy atom. The number of hydrogen-bond acceptors (Lipinski definition) is 4. The second kappa shape index (κ2) is 8.66. The standard InChI is InChI=1S/C23H29N3O3/c1-16-8-7-10-18(17(16)2)24-21(27)23(3,4)22(28)25-19-9-5-6-11-20(19)26-12-14-29-15-13-26/h5-11H,12-15H2,1-4H3,(H,24,27)(H,25,28). The minimum Gasteiger partial charge on any atom is -0.378 e. The number of rotatable bonds is 5. The summed E-state index contributed by atoms with van der Waals surface area (Å²) in [6, 6.07) is 13.4. The number of carbonyl (C=O) groups excluding carboxylic acids is 2. The van der Waals surface area contributed by atoms with Crippen LogP contribution in [-0.4, -0.2) is 38.1 Å². The maximum Gasteiger partial charge on any atom is 0.239 e. The van der Waals surface area contributed by atoms with E-state index in [1.54, 1.807) is 13.8 Å². The molecule has 1 aliphatic heterocycles. The molecule has 0 spiro atoms. The average molecular weight is 396 g/mol. The van der Waals surface area contributed by atoms with E-state index in [1.165, 1.54) is 0 Å². The lowest BCUT2D eigenvalue weighted by Gasteiger charge is -2.31. The molecule has 2 amide bonds. The first-order valence-corrected chi connectivity index (χ1v) is 9.91. The zero-order chi connectivity index (χ0) is 21.0. The zero-order valence-corrected chi connectivity index (χ0v) is 17.5. The van der Waals surface area contributed by atoms with Crippen molar-refractivity contribution in [3.8, 4) is 0 Å². The van der Waals surface area contributed by atoms with Gasteiger partial charge in [0.25, 0.3) is 0 Å². The number of nitrogens with one attached hydrogen (secondary N) is 2. The molecule has 0 aliphatic carbocycles. The Morgan fingerprint density at radius 1 is 0.897 bits per heavy atom. The Bertz CT molecular complexity index is 902. The SMILES string of the molecule is Cc1cccc(NC(=O)C(C)(C)C(=O)Nc2ccccc2N2CCOCC2)c1C. The molecule has 2 aromatic carbocycles. The fourth-order valence-electron chi connectivity index (χ4n) is 3.21. The molecule has 0 aromatic heterocycles. The third-order valence-corrected chi connectivity index (χ3v) is 5.49. The van der Waals surface area contributed by atoms with Crippen molar-refractivity contribution < 1.29 is 14.3 Å². The summed E-state index contributed by atoms with van der Waals surface area (Å²) in [5, 5.41) is 5.87. The molecule has 154 valence electrons. The van der Waals surface area contributed by atoms with Gasteiger partial charge in [-0.15, -0.1) is 0 Å². The lowest BCUT2D eigenvalue weighted by Crippen LogP contribution is -2.42. The summed E-state index contributed by atoms with van der Waals surface area (Å²) in [6.45, 7) is 10.1. The van der Waals surface area contributed by atoms with E-state index in [4.69, 9.17) is 4.74 Å². The Hall–Kier alpha value is -2.86. The first kappa shape index (κ1) is 20.9. The highest BCUT2D eigenvalue weighted by molar-refractivity contribution is 6.14. The third kappa shape index (κ3) is 4.59. The lowest BCUT2D eigenvalue weighted by molar-refractivity contribution is -0.135. The summed E-state index contributed by atoms with van der Waals surface area (Å²) in [5.74, 6) is -0.687. The normalized spacial score (nSPS) is 14.4. The van der Waals surface area contributed by atoms with Gasteiger partial charge in [0, 0.05) is 18.8 Å². The van der Waals surface area contributed by atoms with Crippen LogP contribution < -0.4 is 15.5 Å². The molecule has 1 heterocycles. The number of amides is 2. The monoisotopic (exact) mass is 395 g/mol. The Balaban J connectivity index is 1.75. The number of morpholine rings is 1. The van der Waals surface area contributed by atoms with E-state index in [2.05, 4.69) is 15.5 Å². The van der Waals surface area contributed by atoms with Gasteiger partial charge in [-0.2, -0.15) is 0 Å². The zero-order valence-electron chi connectivity index (χ0n) is 17.5. The van der Waals surface area contributed by atoms with Crippen LogP contribution in [0.2, 0.25) is 0 Å². The molecule has 0 radical (unpaired) electrons. The van der Waals surface area contributed by atoms with Crippen LogP contribution in [0.15, 0.2) is 42.5 Å². The quantitative estimate of drug-likeness (QED) is 0.757. The van der Waals surface area contributed by atoms with Crippen molar-refractivity contribution in [3.05, 3.63) is 53.6 Å². The molecule has 6 nitrogen and oxygen atoms in total. The van der Waals surface area contributed by atoms with Crippen molar-refractivity contribution >= 4 is 28.9 Å². The number of hydrogen-bond donors (Lipinski definition) is 2. The fourth-order valence-corrected chi connectivity index (χ4v) is 3.21. The van der Waals surface area contributed by atoms with Crippen LogP contribution >= 0.6 is 0 Å². The predicted molar refractivity (Wildman–Crippen MR) is 116 cm³/mol. The number of nitrogens with zero attached hydrogens (tertiary/aromatic N) is 1. The van der Waals surface area contributed by atoms with Crippen LogP contribution in [-0.2, 0) is 14.3 Å². The summed E-state index contributed by atoms with van der Waals surface area (Å²) in [4.78, 5) is 28.1. The van der Waals surface area contributed by atoms with Crippen LogP contribution in [0.1, 0.15) is 25.0 Å². The molecule has 1 aliphatic rings. The summed E-state index contributed by atoms with van der Waals surface area (Å²) in [7, 11) is 0.